The number of benzene rings is 3. The number of likely N-dealkylation sites (tertiary alicyclic amines) is 1. The first-order valence-corrected chi connectivity index (χ1v) is 18.9. The molecule has 3 atom stereocenters. The van der Waals surface area contributed by atoms with Crippen molar-refractivity contribution in [3.05, 3.63) is 95.1 Å². The van der Waals surface area contributed by atoms with Crippen LogP contribution in [0, 0.1) is 0 Å². The van der Waals surface area contributed by atoms with E-state index in [-0.39, 0.29) is 67.4 Å². The molecule has 3 N–H and O–H groups in total. The Hall–Kier alpha value is -4.05. The number of pyridine rings is 1. The monoisotopic (exact) mass is 749 g/mol. The quantitative estimate of drug-likeness (QED) is 0.139. The fourth-order valence-electron chi connectivity index (χ4n) is 7.73. The third-order valence-electron chi connectivity index (χ3n) is 10.2. The molecular formula is C37H39F6N4O4S+. The van der Waals surface area contributed by atoms with E-state index in [1.54, 1.807) is 0 Å². The van der Waals surface area contributed by atoms with Gasteiger partial charge in [0, 0.05) is 48.7 Å². The highest BCUT2D eigenvalue weighted by Crippen LogP contribution is 2.40. The number of fused-ring (bicyclic) bond motifs is 1. The molecule has 8 nitrogen and oxygen atoms in total. The van der Waals surface area contributed by atoms with Gasteiger partial charge in [-0.25, -0.2) is 13.4 Å². The van der Waals surface area contributed by atoms with Crippen molar-refractivity contribution < 1.29 is 49.1 Å². The lowest BCUT2D eigenvalue weighted by Gasteiger charge is -2.50. The average Bonchev–Trinajstić information content (AvgIpc) is 3.09. The van der Waals surface area contributed by atoms with E-state index in [1.165, 1.54) is 60.7 Å². The van der Waals surface area contributed by atoms with Crippen molar-refractivity contribution >= 4 is 26.6 Å². The highest BCUT2D eigenvalue weighted by molar-refractivity contribution is 7.90. The summed E-state index contributed by atoms with van der Waals surface area (Å²) in [6.45, 7) is 2.02. The second-order valence-corrected chi connectivity index (χ2v) is 15.8. The van der Waals surface area contributed by atoms with Crippen LogP contribution >= 0.6 is 0 Å². The van der Waals surface area contributed by atoms with Crippen molar-refractivity contribution in [2.75, 3.05) is 32.4 Å². The highest BCUT2D eigenvalue weighted by atomic mass is 32.2. The zero-order valence-electron chi connectivity index (χ0n) is 28.3. The van der Waals surface area contributed by atoms with Crippen molar-refractivity contribution in [3.8, 4) is 11.3 Å². The molecule has 2 aliphatic rings. The van der Waals surface area contributed by atoms with E-state index in [4.69, 9.17) is 4.98 Å². The van der Waals surface area contributed by atoms with Gasteiger partial charge >= 0.3 is 12.4 Å². The number of nitrogens with zero attached hydrogens (tertiary/aromatic N) is 2. The molecule has 0 saturated carbocycles. The molecule has 1 aromatic heterocycles. The molecule has 52 heavy (non-hydrogen) atoms. The zero-order chi connectivity index (χ0) is 37.5. The summed E-state index contributed by atoms with van der Waals surface area (Å²) in [6.07, 6.45) is -7.04. The lowest BCUT2D eigenvalue weighted by atomic mass is 9.90. The Labute approximate surface area is 297 Å². The Balaban J connectivity index is 1.67. The normalized spacial score (nSPS) is 21.2. The van der Waals surface area contributed by atoms with Gasteiger partial charge in [-0.1, -0.05) is 42.5 Å². The van der Waals surface area contributed by atoms with Crippen LogP contribution in [0.1, 0.15) is 58.8 Å². The number of nitrogens with one attached hydrogen (secondary N) is 2. The molecule has 3 aromatic carbocycles. The number of hydrogen-bond donors (Lipinski definition) is 3. The van der Waals surface area contributed by atoms with Crippen LogP contribution in [0.5, 0.6) is 0 Å². The molecule has 278 valence electrons. The third-order valence-corrected chi connectivity index (χ3v) is 11.3. The molecule has 0 bridgehead atoms. The molecule has 0 radical (unpaired) electrons. The predicted molar refractivity (Wildman–Crippen MR) is 183 cm³/mol. The zero-order valence-corrected chi connectivity index (χ0v) is 29.1. The number of halogens is 6. The summed E-state index contributed by atoms with van der Waals surface area (Å²) in [4.78, 5) is 19.1. The summed E-state index contributed by atoms with van der Waals surface area (Å²) >= 11 is 0. The van der Waals surface area contributed by atoms with Gasteiger partial charge in [-0.05, 0) is 48.7 Å². The lowest BCUT2D eigenvalue weighted by Crippen LogP contribution is -2.63. The summed E-state index contributed by atoms with van der Waals surface area (Å²) in [5.74, 6) is -1.20. The topological polar surface area (TPSA) is 108 Å². The molecule has 2 fully saturated rings. The van der Waals surface area contributed by atoms with E-state index in [0.29, 0.717) is 45.3 Å². The predicted octanol–water partition coefficient (Wildman–Crippen LogP) is 6.58. The molecule has 0 aliphatic carbocycles. The van der Waals surface area contributed by atoms with Crippen LogP contribution in [0.4, 0.5) is 26.3 Å². The largest absolute Gasteiger partial charge is 0.416 e. The van der Waals surface area contributed by atoms with Crippen LogP contribution in [0.3, 0.4) is 0 Å². The van der Waals surface area contributed by atoms with Crippen LogP contribution in [0.25, 0.3) is 22.2 Å². The summed E-state index contributed by atoms with van der Waals surface area (Å²) in [6, 6.07) is 12.3. The minimum absolute atomic E-state index is 0.00377. The van der Waals surface area contributed by atoms with Gasteiger partial charge in [0.2, 0.25) is 0 Å². The number of sulfone groups is 1. The maximum absolute atomic E-state index is 14.7. The number of rotatable bonds is 8. The van der Waals surface area contributed by atoms with Gasteiger partial charge in [-0.2, -0.15) is 26.3 Å². The number of alkyl halides is 6. The molecule has 6 rings (SSSR count). The molecule has 3 heterocycles. The second kappa shape index (κ2) is 14.4. The van der Waals surface area contributed by atoms with E-state index in [0.717, 1.165) is 18.4 Å². The SMILES string of the molecule is CS(=O)(=O)c1ccc2nc(-c3cccc(C(F)(F)F)c3)c(C[N+]3(C4CCNCC4)CCC[C@H](O)C3)c(C(=O)N[C@H](c3ccccc3)C(F)(F)F)c2c1. The summed E-state index contributed by atoms with van der Waals surface area (Å²) in [7, 11) is -3.90. The van der Waals surface area contributed by atoms with E-state index in [1.807, 2.05) is 0 Å². The highest BCUT2D eigenvalue weighted by Gasteiger charge is 2.45. The molecule has 2 saturated heterocycles. The molecule has 0 spiro atoms. The van der Waals surface area contributed by atoms with Crippen molar-refractivity contribution in [1.82, 2.24) is 15.6 Å². The number of carbonyl (C=O) groups excluding carboxylic acids is 1. The molecular weight excluding hydrogens is 710 g/mol. The van der Waals surface area contributed by atoms with Crippen molar-refractivity contribution in [3.63, 3.8) is 0 Å². The molecule has 15 heteroatoms. The first-order chi connectivity index (χ1) is 24.5. The van der Waals surface area contributed by atoms with Crippen LogP contribution < -0.4 is 10.6 Å². The van der Waals surface area contributed by atoms with E-state index >= 15 is 0 Å². The van der Waals surface area contributed by atoms with Crippen LogP contribution in [0.2, 0.25) is 0 Å². The number of aromatic nitrogens is 1. The fraction of sp³-hybridized carbons (Fsp3) is 0.405. The van der Waals surface area contributed by atoms with Crippen LogP contribution in [0.15, 0.2) is 77.7 Å². The van der Waals surface area contributed by atoms with Crippen molar-refractivity contribution in [2.24, 2.45) is 0 Å². The van der Waals surface area contributed by atoms with Gasteiger partial charge in [0.25, 0.3) is 5.91 Å². The Kier molecular flexibility index (Phi) is 10.4. The number of piperidine rings is 2. The Bertz CT molecular complexity index is 2050. The fourth-order valence-corrected chi connectivity index (χ4v) is 8.38. The number of carbonyl (C=O) groups is 1. The smallest absolute Gasteiger partial charge is 0.387 e. The van der Waals surface area contributed by atoms with Crippen molar-refractivity contribution in [1.29, 1.82) is 0 Å². The number of aliphatic hydroxyl groups excluding tert-OH is 1. The van der Waals surface area contributed by atoms with Crippen LogP contribution in [-0.4, -0.2) is 79.7 Å². The molecule has 4 aromatic rings. The van der Waals surface area contributed by atoms with Gasteiger partial charge in [-0.15, -0.1) is 0 Å². The first kappa shape index (κ1) is 37.7. The average molecular weight is 750 g/mol. The molecule has 1 amide bonds. The number of quaternary nitrogens is 1. The molecule has 1 unspecified atom stereocenters. The number of aliphatic hydroxyl groups is 1. The van der Waals surface area contributed by atoms with Gasteiger partial charge < -0.3 is 20.2 Å². The van der Waals surface area contributed by atoms with Crippen LogP contribution in [-0.2, 0) is 22.6 Å². The summed E-state index contributed by atoms with van der Waals surface area (Å²) in [5, 5.41) is 16.4. The van der Waals surface area contributed by atoms with E-state index < -0.39 is 45.8 Å². The Morgan fingerprint density at radius 2 is 1.69 bits per heavy atom. The molecule has 2 aliphatic heterocycles. The minimum atomic E-state index is -4.96. The summed E-state index contributed by atoms with van der Waals surface area (Å²) < 4.78 is 112. The van der Waals surface area contributed by atoms with E-state index in [2.05, 4.69) is 10.6 Å². The van der Waals surface area contributed by atoms with E-state index in [9.17, 15) is 44.7 Å². The second-order valence-electron chi connectivity index (χ2n) is 13.8. The van der Waals surface area contributed by atoms with Gasteiger partial charge in [-0.3, -0.25) is 4.79 Å². The van der Waals surface area contributed by atoms with Gasteiger partial charge in [0.05, 0.1) is 39.8 Å². The number of hydrogen-bond acceptors (Lipinski definition) is 6. The number of amides is 1. The minimum Gasteiger partial charge on any atom is -0.387 e. The van der Waals surface area contributed by atoms with Crippen molar-refractivity contribution in [2.45, 2.75) is 67.7 Å². The summed E-state index contributed by atoms with van der Waals surface area (Å²) in [5.41, 5.74) is -1.57. The first-order valence-electron chi connectivity index (χ1n) is 17.0. The third kappa shape index (κ3) is 7.97. The maximum Gasteiger partial charge on any atom is 0.416 e. The Morgan fingerprint density at radius 1 is 0.981 bits per heavy atom. The standard InChI is InChI=1S/C37H38F6N4O4S/c1-52(50,51)28-12-13-31-29(20-28)32(35(49)46-34(37(41,42)43)23-7-3-2-4-8-23)30(33(45-31)24-9-5-10-25(19-24)36(38,39)40)22-47(18-6-11-27(48)21-47)26-14-16-44-17-15-26/h2-5,7-10,12-13,19-20,26-27,34,44,48H,6,11,14-18,21-22H2,1H3/p+1/t27-,34+,47?/m0/s1. The maximum atomic E-state index is 14.7. The lowest BCUT2D eigenvalue weighted by molar-refractivity contribution is -0.971. The van der Waals surface area contributed by atoms with Gasteiger partial charge in [0.1, 0.15) is 19.2 Å². The van der Waals surface area contributed by atoms with Gasteiger partial charge in [0.15, 0.2) is 15.9 Å². The Morgan fingerprint density at radius 3 is 2.33 bits per heavy atom.